The molecule has 0 nitrogen and oxygen atoms in total. The van der Waals surface area contributed by atoms with Crippen molar-refractivity contribution < 1.29 is 0 Å². The van der Waals surface area contributed by atoms with E-state index in [1.165, 1.54) is 41.5 Å². The lowest BCUT2D eigenvalue weighted by atomic mass is 9.87. The van der Waals surface area contributed by atoms with Crippen LogP contribution in [-0.4, -0.2) is 0 Å². The van der Waals surface area contributed by atoms with Crippen LogP contribution in [0.15, 0.2) is 60.7 Å². The molecule has 0 fully saturated rings. The van der Waals surface area contributed by atoms with E-state index >= 15 is 0 Å². The molecule has 0 saturated carbocycles. The molecule has 0 spiro atoms. The molecule has 1 unspecified atom stereocenters. The quantitative estimate of drug-likeness (QED) is 0.653. The van der Waals surface area contributed by atoms with Gasteiger partial charge >= 0.3 is 0 Å². The molecule has 0 heterocycles. The fourth-order valence-electron chi connectivity index (χ4n) is 2.73. The van der Waals surface area contributed by atoms with Gasteiger partial charge in [-0.2, -0.15) is 0 Å². The van der Waals surface area contributed by atoms with Crippen molar-refractivity contribution in [2.45, 2.75) is 26.2 Å². The molecule has 0 bridgehead atoms. The van der Waals surface area contributed by atoms with Crippen LogP contribution in [-0.2, 0) is 0 Å². The Kier molecular flexibility index (Phi) is 3.50. The minimum Gasteiger partial charge on any atom is -0.0805 e. The van der Waals surface area contributed by atoms with Gasteiger partial charge < -0.3 is 0 Å². The van der Waals surface area contributed by atoms with E-state index in [1.807, 2.05) is 0 Å². The predicted molar refractivity (Wildman–Crippen MR) is 82.9 cm³/mol. The standard InChI is InChI=1S/C19H20/c1-15-7-9-17(10-8-15)19-13-11-18(12-14-19)16-5-3-2-4-6-16/h2-6,9,11-15H,7-8,10H2,1H3. The van der Waals surface area contributed by atoms with Gasteiger partial charge in [-0.3, -0.25) is 0 Å². The first kappa shape index (κ1) is 12.2. The third-order valence-corrected chi connectivity index (χ3v) is 4.04. The van der Waals surface area contributed by atoms with Crippen LogP contribution in [0, 0.1) is 5.92 Å². The molecule has 1 atom stereocenters. The molecule has 0 heteroatoms. The second-order valence-corrected chi connectivity index (χ2v) is 5.55. The zero-order chi connectivity index (χ0) is 13.1. The molecule has 0 amide bonds. The van der Waals surface area contributed by atoms with Crippen LogP contribution in [0.4, 0.5) is 0 Å². The van der Waals surface area contributed by atoms with E-state index in [9.17, 15) is 0 Å². The minimum absolute atomic E-state index is 0.854. The van der Waals surface area contributed by atoms with E-state index in [2.05, 4.69) is 67.6 Å². The van der Waals surface area contributed by atoms with E-state index in [0.717, 1.165) is 5.92 Å². The van der Waals surface area contributed by atoms with Gasteiger partial charge in [0, 0.05) is 0 Å². The van der Waals surface area contributed by atoms with E-state index in [1.54, 1.807) is 0 Å². The summed E-state index contributed by atoms with van der Waals surface area (Å²) in [5.41, 5.74) is 5.51. The van der Waals surface area contributed by atoms with Gasteiger partial charge in [0.25, 0.3) is 0 Å². The molecular weight excluding hydrogens is 228 g/mol. The van der Waals surface area contributed by atoms with Gasteiger partial charge in [-0.25, -0.2) is 0 Å². The van der Waals surface area contributed by atoms with Gasteiger partial charge in [-0.05, 0) is 47.4 Å². The highest BCUT2D eigenvalue weighted by Crippen LogP contribution is 2.31. The summed E-state index contributed by atoms with van der Waals surface area (Å²) in [5.74, 6) is 0.854. The van der Waals surface area contributed by atoms with Crippen LogP contribution in [0.3, 0.4) is 0 Å². The first-order valence-electron chi connectivity index (χ1n) is 7.18. The maximum absolute atomic E-state index is 2.42. The summed E-state index contributed by atoms with van der Waals surface area (Å²) in [6.45, 7) is 2.34. The lowest BCUT2D eigenvalue weighted by molar-refractivity contribution is 0.534. The van der Waals surface area contributed by atoms with Gasteiger partial charge in [0.05, 0.1) is 0 Å². The Morgan fingerprint density at radius 1 is 0.789 bits per heavy atom. The van der Waals surface area contributed by atoms with Crippen molar-refractivity contribution in [1.29, 1.82) is 0 Å². The number of benzene rings is 2. The Morgan fingerprint density at radius 3 is 2.05 bits per heavy atom. The molecule has 2 aromatic rings. The van der Waals surface area contributed by atoms with Gasteiger partial charge in [-0.1, -0.05) is 67.6 Å². The summed E-state index contributed by atoms with van der Waals surface area (Å²) in [6.07, 6.45) is 6.21. The van der Waals surface area contributed by atoms with Crippen molar-refractivity contribution >= 4 is 5.57 Å². The SMILES string of the molecule is CC1CC=C(c2ccc(-c3ccccc3)cc2)CC1. The average molecular weight is 248 g/mol. The second kappa shape index (κ2) is 5.44. The third-order valence-electron chi connectivity index (χ3n) is 4.04. The van der Waals surface area contributed by atoms with Crippen LogP contribution in [0.1, 0.15) is 31.7 Å². The Bertz CT molecular complexity index is 561. The van der Waals surface area contributed by atoms with Crippen molar-refractivity contribution in [3.05, 3.63) is 66.2 Å². The first-order chi connectivity index (χ1) is 9.33. The van der Waals surface area contributed by atoms with Crippen molar-refractivity contribution in [3.63, 3.8) is 0 Å². The van der Waals surface area contributed by atoms with Crippen LogP contribution < -0.4 is 0 Å². The Labute approximate surface area is 115 Å². The Morgan fingerprint density at radius 2 is 1.42 bits per heavy atom. The zero-order valence-electron chi connectivity index (χ0n) is 11.5. The Balaban J connectivity index is 1.84. The topological polar surface area (TPSA) is 0 Å². The summed E-state index contributed by atoms with van der Waals surface area (Å²) in [6, 6.07) is 19.6. The van der Waals surface area contributed by atoms with E-state index < -0.39 is 0 Å². The second-order valence-electron chi connectivity index (χ2n) is 5.55. The third kappa shape index (κ3) is 2.78. The van der Waals surface area contributed by atoms with Crippen LogP contribution in [0.2, 0.25) is 0 Å². The van der Waals surface area contributed by atoms with Crippen LogP contribution >= 0.6 is 0 Å². The van der Waals surface area contributed by atoms with Crippen molar-refractivity contribution in [2.24, 2.45) is 5.92 Å². The molecule has 1 aliphatic rings. The molecule has 2 aromatic carbocycles. The van der Waals surface area contributed by atoms with Crippen molar-refractivity contribution in [2.75, 3.05) is 0 Å². The average Bonchev–Trinajstić information content (AvgIpc) is 2.49. The summed E-state index contributed by atoms with van der Waals surface area (Å²) < 4.78 is 0. The molecule has 1 aliphatic carbocycles. The Hall–Kier alpha value is -1.82. The molecule has 0 aromatic heterocycles. The van der Waals surface area contributed by atoms with Crippen molar-refractivity contribution in [3.8, 4) is 11.1 Å². The molecule has 0 radical (unpaired) electrons. The highest BCUT2D eigenvalue weighted by atomic mass is 14.2. The maximum atomic E-state index is 2.42. The maximum Gasteiger partial charge on any atom is -0.0184 e. The zero-order valence-corrected chi connectivity index (χ0v) is 11.5. The fraction of sp³-hybridized carbons (Fsp3) is 0.263. The van der Waals surface area contributed by atoms with E-state index in [-0.39, 0.29) is 0 Å². The summed E-state index contributed by atoms with van der Waals surface area (Å²) in [4.78, 5) is 0. The van der Waals surface area contributed by atoms with Gasteiger partial charge in [-0.15, -0.1) is 0 Å². The van der Waals surface area contributed by atoms with E-state index in [0.29, 0.717) is 0 Å². The number of rotatable bonds is 2. The fourth-order valence-corrected chi connectivity index (χ4v) is 2.73. The lowest BCUT2D eigenvalue weighted by Crippen LogP contribution is -2.00. The predicted octanol–water partition coefficient (Wildman–Crippen LogP) is 5.56. The summed E-state index contributed by atoms with van der Waals surface area (Å²) in [7, 11) is 0. The minimum atomic E-state index is 0.854. The smallest absolute Gasteiger partial charge is 0.0184 e. The lowest BCUT2D eigenvalue weighted by Gasteiger charge is -2.18. The summed E-state index contributed by atoms with van der Waals surface area (Å²) in [5, 5.41) is 0. The normalized spacial score (nSPS) is 19.0. The molecule has 0 N–H and O–H groups in total. The highest BCUT2D eigenvalue weighted by molar-refractivity contribution is 5.70. The molecule has 0 saturated heterocycles. The monoisotopic (exact) mass is 248 g/mol. The van der Waals surface area contributed by atoms with Gasteiger partial charge in [0.2, 0.25) is 0 Å². The summed E-state index contributed by atoms with van der Waals surface area (Å²) >= 11 is 0. The molecule has 96 valence electrons. The number of hydrogen-bond acceptors (Lipinski definition) is 0. The van der Waals surface area contributed by atoms with Crippen molar-refractivity contribution in [1.82, 2.24) is 0 Å². The first-order valence-corrected chi connectivity index (χ1v) is 7.18. The number of hydrogen-bond donors (Lipinski definition) is 0. The van der Waals surface area contributed by atoms with Crippen LogP contribution in [0.25, 0.3) is 16.7 Å². The molecular formula is C19H20. The van der Waals surface area contributed by atoms with Crippen LogP contribution in [0.5, 0.6) is 0 Å². The number of allylic oxidation sites excluding steroid dienone is 2. The highest BCUT2D eigenvalue weighted by Gasteiger charge is 2.11. The molecule has 3 rings (SSSR count). The van der Waals surface area contributed by atoms with E-state index in [4.69, 9.17) is 0 Å². The molecule has 19 heavy (non-hydrogen) atoms. The largest absolute Gasteiger partial charge is 0.0805 e. The van der Waals surface area contributed by atoms with Gasteiger partial charge in [0.15, 0.2) is 0 Å². The molecule has 0 aliphatic heterocycles. The van der Waals surface area contributed by atoms with Gasteiger partial charge in [0.1, 0.15) is 0 Å².